The Morgan fingerprint density at radius 1 is 1.27 bits per heavy atom. The van der Waals surface area contributed by atoms with Crippen molar-refractivity contribution in [1.82, 2.24) is 0 Å². The Bertz CT molecular complexity index is 138. The van der Waals surface area contributed by atoms with Crippen molar-refractivity contribution in [3.05, 3.63) is 0 Å². The topological polar surface area (TPSA) is 129 Å². The predicted molar refractivity (Wildman–Crippen MR) is 48.0 cm³/mol. The molecule has 8 N–H and O–H groups in total. The Balaban J connectivity index is 0. The zero-order valence-corrected chi connectivity index (χ0v) is 7.04. The Kier molecular flexibility index (Phi) is 10.0. The molecule has 66 valence electrons. The fourth-order valence-corrected chi connectivity index (χ4v) is 0.104. The number of hydrogen-bond donors (Lipinski definition) is 4. The number of guanidine groups is 1. The first-order valence-corrected chi connectivity index (χ1v) is 3.20. The Morgan fingerprint density at radius 2 is 1.64 bits per heavy atom. The first-order chi connectivity index (χ1) is 5.08. The molecule has 6 nitrogen and oxygen atoms in total. The second kappa shape index (κ2) is 8.83. The molecular weight excluding hydrogens is 168 g/mol. The van der Waals surface area contributed by atoms with Crippen LogP contribution in [0.5, 0.6) is 0 Å². The minimum Gasteiger partial charge on any atom is -0.369 e. The summed E-state index contributed by atoms with van der Waals surface area (Å²) in [5.41, 5.74) is 10.1. The Morgan fingerprint density at radius 3 is 1.64 bits per heavy atom. The summed E-state index contributed by atoms with van der Waals surface area (Å²) in [7, 11) is 0. The van der Waals surface area contributed by atoms with Crippen LogP contribution in [0.2, 0.25) is 0 Å². The number of nitrogens with two attached hydrogens (primary N) is 4. The fraction of sp³-hybridized carbons (Fsp3) is 0.500. The highest BCUT2D eigenvalue weighted by molar-refractivity contribution is 6.28. The molecule has 0 spiro atoms. The van der Waals surface area contributed by atoms with E-state index in [1.165, 1.54) is 0 Å². The van der Waals surface area contributed by atoms with E-state index in [9.17, 15) is 0 Å². The van der Waals surface area contributed by atoms with Gasteiger partial charge in [0, 0.05) is 5.71 Å². The van der Waals surface area contributed by atoms with E-state index in [0.717, 1.165) is 5.71 Å². The number of rotatable bonds is 1. The molecular formula is C4H13ClN6. The van der Waals surface area contributed by atoms with E-state index in [4.69, 9.17) is 28.9 Å². The fourth-order valence-electron chi connectivity index (χ4n) is 0.0345. The largest absolute Gasteiger partial charge is 0.369 e. The van der Waals surface area contributed by atoms with Crippen LogP contribution in [-0.2, 0) is 0 Å². The highest BCUT2D eigenvalue weighted by Gasteiger charge is 1.78. The molecule has 0 aliphatic rings. The lowest BCUT2D eigenvalue weighted by Gasteiger charge is -1.81. The van der Waals surface area contributed by atoms with Gasteiger partial charge < -0.3 is 23.2 Å². The van der Waals surface area contributed by atoms with E-state index in [1.807, 2.05) is 0 Å². The molecule has 0 heterocycles. The lowest BCUT2D eigenvalue weighted by Crippen LogP contribution is -2.23. The summed E-state index contributed by atoms with van der Waals surface area (Å²) in [4.78, 5) is 0. The van der Waals surface area contributed by atoms with E-state index in [-0.39, 0.29) is 5.96 Å². The van der Waals surface area contributed by atoms with E-state index < -0.39 is 0 Å². The van der Waals surface area contributed by atoms with Crippen LogP contribution in [0.15, 0.2) is 10.2 Å². The molecule has 0 bridgehead atoms. The molecule has 7 heteroatoms. The molecule has 0 amide bonds. The van der Waals surface area contributed by atoms with Gasteiger partial charge in [-0.15, -0.1) is 16.7 Å². The number of alkyl halides is 1. The molecule has 0 unspecified atom stereocenters. The molecule has 0 aromatic rings. The summed E-state index contributed by atoms with van der Waals surface area (Å²) in [5.74, 6) is 9.63. The third-order valence-electron chi connectivity index (χ3n) is 0.563. The Hall–Kier alpha value is -1.17. The molecule has 0 aliphatic carbocycles. The summed E-state index contributed by atoms with van der Waals surface area (Å²) in [5, 5.41) is 6.15. The molecule has 0 saturated heterocycles. The highest BCUT2D eigenvalue weighted by Crippen LogP contribution is 1.75. The SMILES string of the molecule is CC(CCl)=NN.NN=C(N)N. The van der Waals surface area contributed by atoms with Gasteiger partial charge >= 0.3 is 0 Å². The van der Waals surface area contributed by atoms with Gasteiger partial charge in [0.1, 0.15) is 0 Å². The van der Waals surface area contributed by atoms with Gasteiger partial charge in [-0.2, -0.15) is 5.10 Å². The molecule has 0 radical (unpaired) electrons. The van der Waals surface area contributed by atoms with Crippen molar-refractivity contribution in [2.45, 2.75) is 6.92 Å². The standard InChI is InChI=1S/C3H7ClN2.CH6N4/c1-3(2-4)6-5;2-1(3)5-4/h2,5H2,1H3;4H2,(H4,2,3,5). The lowest BCUT2D eigenvalue weighted by molar-refractivity contribution is 1.21. The van der Waals surface area contributed by atoms with Crippen molar-refractivity contribution < 1.29 is 0 Å². The second-order valence-electron chi connectivity index (χ2n) is 1.55. The van der Waals surface area contributed by atoms with Gasteiger partial charge in [0.2, 0.25) is 5.96 Å². The van der Waals surface area contributed by atoms with Gasteiger partial charge in [-0.3, -0.25) is 0 Å². The number of nitrogens with zero attached hydrogens (tertiary/aromatic N) is 2. The van der Waals surface area contributed by atoms with Gasteiger partial charge in [-0.25, -0.2) is 0 Å². The maximum absolute atomic E-state index is 5.24. The maximum atomic E-state index is 5.24. The van der Waals surface area contributed by atoms with Crippen LogP contribution >= 0.6 is 11.6 Å². The van der Waals surface area contributed by atoms with Crippen LogP contribution in [0.1, 0.15) is 6.92 Å². The van der Waals surface area contributed by atoms with E-state index in [2.05, 4.69) is 16.0 Å². The summed E-state index contributed by atoms with van der Waals surface area (Å²) in [6.45, 7) is 1.77. The van der Waals surface area contributed by atoms with E-state index in [1.54, 1.807) is 6.92 Å². The van der Waals surface area contributed by atoms with E-state index in [0.29, 0.717) is 5.88 Å². The van der Waals surface area contributed by atoms with Gasteiger partial charge in [0.15, 0.2) is 0 Å². The molecule has 11 heavy (non-hydrogen) atoms. The summed E-state index contributed by atoms with van der Waals surface area (Å²) >= 11 is 5.24. The van der Waals surface area contributed by atoms with Gasteiger partial charge in [-0.1, -0.05) is 0 Å². The van der Waals surface area contributed by atoms with Crippen LogP contribution in [0.4, 0.5) is 0 Å². The molecule has 0 aliphatic heterocycles. The molecule has 0 aromatic carbocycles. The zero-order chi connectivity index (χ0) is 9.28. The molecule has 0 aromatic heterocycles. The zero-order valence-electron chi connectivity index (χ0n) is 6.29. The van der Waals surface area contributed by atoms with Gasteiger partial charge in [0.05, 0.1) is 5.88 Å². The summed E-state index contributed by atoms with van der Waals surface area (Å²) in [6, 6.07) is 0. The van der Waals surface area contributed by atoms with Crippen molar-refractivity contribution in [2.75, 3.05) is 5.88 Å². The van der Waals surface area contributed by atoms with Crippen LogP contribution in [-0.4, -0.2) is 17.6 Å². The second-order valence-corrected chi connectivity index (χ2v) is 1.82. The van der Waals surface area contributed by atoms with Crippen molar-refractivity contribution in [3.63, 3.8) is 0 Å². The Labute approximate surface area is 70.2 Å². The van der Waals surface area contributed by atoms with Crippen LogP contribution in [0.25, 0.3) is 0 Å². The molecule has 0 saturated carbocycles. The van der Waals surface area contributed by atoms with Gasteiger partial charge in [-0.05, 0) is 6.92 Å². The first-order valence-electron chi connectivity index (χ1n) is 2.66. The third kappa shape index (κ3) is 17.7. The van der Waals surface area contributed by atoms with Crippen molar-refractivity contribution >= 4 is 23.3 Å². The quantitative estimate of drug-likeness (QED) is 0.131. The molecule has 0 rings (SSSR count). The number of hydrazone groups is 2. The third-order valence-corrected chi connectivity index (χ3v) is 0.950. The maximum Gasteiger partial charge on any atom is 0.208 e. The normalized spacial score (nSPS) is 9.45. The minimum absolute atomic E-state index is 0.0926. The molecule has 0 fully saturated rings. The van der Waals surface area contributed by atoms with Crippen molar-refractivity contribution in [3.8, 4) is 0 Å². The average Bonchev–Trinajstić information content (AvgIpc) is 2.04. The van der Waals surface area contributed by atoms with Crippen molar-refractivity contribution in [1.29, 1.82) is 0 Å². The summed E-state index contributed by atoms with van der Waals surface area (Å²) in [6.07, 6.45) is 0. The monoisotopic (exact) mass is 180 g/mol. The first kappa shape index (κ1) is 12.5. The average molecular weight is 181 g/mol. The number of hydrogen-bond acceptors (Lipinski definition) is 4. The van der Waals surface area contributed by atoms with E-state index >= 15 is 0 Å². The summed E-state index contributed by atoms with van der Waals surface area (Å²) < 4.78 is 0. The highest BCUT2D eigenvalue weighted by atomic mass is 35.5. The smallest absolute Gasteiger partial charge is 0.208 e. The van der Waals surface area contributed by atoms with Crippen LogP contribution in [0.3, 0.4) is 0 Å². The minimum atomic E-state index is -0.0926. The number of halogens is 1. The predicted octanol–water partition coefficient (Wildman–Crippen LogP) is -1.31. The lowest BCUT2D eigenvalue weighted by atomic mass is 10.5. The van der Waals surface area contributed by atoms with Crippen molar-refractivity contribution in [2.24, 2.45) is 33.4 Å². The molecule has 0 atom stereocenters. The van der Waals surface area contributed by atoms with Gasteiger partial charge in [0.25, 0.3) is 0 Å². The van der Waals surface area contributed by atoms with Crippen LogP contribution in [0, 0.1) is 0 Å². The van der Waals surface area contributed by atoms with Crippen LogP contribution < -0.4 is 23.2 Å².